The number of ether oxygens (including phenoxy) is 1. The monoisotopic (exact) mass is 224 g/mol. The smallest absolute Gasteiger partial charge is 0.310 e. The van der Waals surface area contributed by atoms with Crippen molar-refractivity contribution in [2.45, 2.75) is 32.8 Å². The molecule has 1 aromatic rings. The zero-order valence-electron chi connectivity index (χ0n) is 9.32. The zero-order chi connectivity index (χ0) is 11.3. The van der Waals surface area contributed by atoms with Crippen molar-refractivity contribution in [3.05, 3.63) is 28.5 Å². The summed E-state index contributed by atoms with van der Waals surface area (Å²) in [5.41, 5.74) is -0.395. The van der Waals surface area contributed by atoms with Gasteiger partial charge in [0.1, 0.15) is 5.60 Å². The molecule has 0 aliphatic carbocycles. The van der Waals surface area contributed by atoms with Gasteiger partial charge in [-0.15, -0.1) is 11.3 Å². The molecule has 0 aliphatic heterocycles. The van der Waals surface area contributed by atoms with Crippen LogP contribution in [-0.2, 0) is 9.53 Å². The second-order valence-corrected chi connectivity index (χ2v) is 5.19. The standard InChI is InChI=1S/C12H16O2S/c1-12(2,3)14-11(13)8-4-6-10-7-5-9-15-10/h4-7,9H,8H2,1-3H3/b6-4-. The average molecular weight is 224 g/mol. The van der Waals surface area contributed by atoms with Gasteiger partial charge in [0.2, 0.25) is 0 Å². The lowest BCUT2D eigenvalue weighted by Gasteiger charge is -2.18. The fraction of sp³-hybridized carbons (Fsp3) is 0.417. The summed E-state index contributed by atoms with van der Waals surface area (Å²) in [6.07, 6.45) is 4.10. The second-order valence-electron chi connectivity index (χ2n) is 4.21. The molecule has 0 aromatic carbocycles. The van der Waals surface area contributed by atoms with Gasteiger partial charge in [0.25, 0.3) is 0 Å². The van der Waals surface area contributed by atoms with E-state index in [4.69, 9.17) is 4.74 Å². The molecule has 0 bridgehead atoms. The van der Waals surface area contributed by atoms with Gasteiger partial charge in [-0.1, -0.05) is 12.1 Å². The van der Waals surface area contributed by atoms with Gasteiger partial charge in [0, 0.05) is 4.88 Å². The first-order valence-electron chi connectivity index (χ1n) is 4.89. The topological polar surface area (TPSA) is 26.3 Å². The molecule has 2 nitrogen and oxygen atoms in total. The lowest BCUT2D eigenvalue weighted by molar-refractivity contribution is -0.153. The highest BCUT2D eigenvalue weighted by Crippen LogP contribution is 2.12. The first-order valence-corrected chi connectivity index (χ1v) is 5.77. The highest BCUT2D eigenvalue weighted by Gasteiger charge is 2.14. The minimum atomic E-state index is -0.395. The van der Waals surface area contributed by atoms with E-state index < -0.39 is 5.60 Å². The van der Waals surface area contributed by atoms with Gasteiger partial charge in [-0.2, -0.15) is 0 Å². The third kappa shape index (κ3) is 5.37. The summed E-state index contributed by atoms with van der Waals surface area (Å²) in [6.45, 7) is 5.61. The fourth-order valence-corrected chi connectivity index (χ4v) is 1.69. The largest absolute Gasteiger partial charge is 0.460 e. The number of rotatable bonds is 3. The van der Waals surface area contributed by atoms with Crippen molar-refractivity contribution >= 4 is 23.4 Å². The van der Waals surface area contributed by atoms with Crippen molar-refractivity contribution in [1.82, 2.24) is 0 Å². The SMILES string of the molecule is CC(C)(C)OC(=O)C/C=C\c1cccs1. The quantitative estimate of drug-likeness (QED) is 0.735. The molecule has 1 heterocycles. The Balaban J connectivity index is 2.35. The van der Waals surface area contributed by atoms with Crippen LogP contribution in [0.25, 0.3) is 6.08 Å². The van der Waals surface area contributed by atoms with Gasteiger partial charge in [0.15, 0.2) is 0 Å². The highest BCUT2D eigenvalue weighted by molar-refractivity contribution is 7.10. The van der Waals surface area contributed by atoms with E-state index in [0.29, 0.717) is 6.42 Å². The minimum absolute atomic E-state index is 0.185. The van der Waals surface area contributed by atoms with Crippen LogP contribution in [0.2, 0.25) is 0 Å². The molecule has 0 saturated heterocycles. The number of carbonyl (C=O) groups excluding carboxylic acids is 1. The Kier molecular flexibility index (Phi) is 4.09. The van der Waals surface area contributed by atoms with Crippen LogP contribution in [-0.4, -0.2) is 11.6 Å². The summed E-state index contributed by atoms with van der Waals surface area (Å²) in [5.74, 6) is -0.185. The zero-order valence-corrected chi connectivity index (χ0v) is 10.1. The predicted molar refractivity (Wildman–Crippen MR) is 63.8 cm³/mol. The lowest BCUT2D eigenvalue weighted by atomic mass is 10.2. The van der Waals surface area contributed by atoms with Crippen LogP contribution < -0.4 is 0 Å². The van der Waals surface area contributed by atoms with Gasteiger partial charge < -0.3 is 4.74 Å². The molecule has 15 heavy (non-hydrogen) atoms. The van der Waals surface area contributed by atoms with E-state index in [1.165, 1.54) is 0 Å². The van der Waals surface area contributed by atoms with E-state index in [-0.39, 0.29) is 5.97 Å². The van der Waals surface area contributed by atoms with Crippen LogP contribution in [0.4, 0.5) is 0 Å². The Morgan fingerprint density at radius 2 is 2.27 bits per heavy atom. The van der Waals surface area contributed by atoms with Crippen LogP contribution in [0.1, 0.15) is 32.1 Å². The highest BCUT2D eigenvalue weighted by atomic mass is 32.1. The second kappa shape index (κ2) is 5.12. The Labute approximate surface area is 94.6 Å². The van der Waals surface area contributed by atoms with Crippen molar-refractivity contribution in [3.63, 3.8) is 0 Å². The van der Waals surface area contributed by atoms with Gasteiger partial charge in [-0.3, -0.25) is 4.79 Å². The Morgan fingerprint density at radius 1 is 1.53 bits per heavy atom. The Bertz CT molecular complexity index is 331. The summed E-state index contributed by atoms with van der Waals surface area (Å²) >= 11 is 1.65. The summed E-state index contributed by atoms with van der Waals surface area (Å²) in [6, 6.07) is 3.99. The maximum absolute atomic E-state index is 11.3. The van der Waals surface area contributed by atoms with E-state index in [1.807, 2.05) is 50.4 Å². The van der Waals surface area contributed by atoms with Crippen LogP contribution in [0.3, 0.4) is 0 Å². The number of carbonyl (C=O) groups is 1. The van der Waals surface area contributed by atoms with Gasteiger partial charge in [-0.25, -0.2) is 0 Å². The molecule has 3 heteroatoms. The number of esters is 1. The number of hydrogen-bond acceptors (Lipinski definition) is 3. The first kappa shape index (κ1) is 12.0. The van der Waals surface area contributed by atoms with Crippen molar-refractivity contribution < 1.29 is 9.53 Å². The van der Waals surface area contributed by atoms with Crippen molar-refractivity contribution in [2.24, 2.45) is 0 Å². The molecule has 0 atom stereocenters. The molecule has 0 aliphatic rings. The van der Waals surface area contributed by atoms with Gasteiger partial charge >= 0.3 is 5.97 Å². The molecule has 1 aromatic heterocycles. The molecule has 0 N–H and O–H groups in total. The summed E-state index contributed by atoms with van der Waals surface area (Å²) in [7, 11) is 0. The fourth-order valence-electron chi connectivity index (χ4n) is 1.04. The van der Waals surface area contributed by atoms with Gasteiger partial charge in [0.05, 0.1) is 6.42 Å². The van der Waals surface area contributed by atoms with E-state index in [2.05, 4.69) is 0 Å². The lowest BCUT2D eigenvalue weighted by Crippen LogP contribution is -2.23. The maximum Gasteiger partial charge on any atom is 0.310 e. The van der Waals surface area contributed by atoms with E-state index in [1.54, 1.807) is 11.3 Å². The molecule has 0 fully saturated rings. The van der Waals surface area contributed by atoms with Gasteiger partial charge in [-0.05, 0) is 38.3 Å². The first-order chi connectivity index (χ1) is 6.97. The van der Waals surface area contributed by atoms with Crippen molar-refractivity contribution in [2.75, 3.05) is 0 Å². The van der Waals surface area contributed by atoms with E-state index >= 15 is 0 Å². The third-order valence-electron chi connectivity index (χ3n) is 1.53. The normalized spacial score (nSPS) is 11.9. The van der Waals surface area contributed by atoms with Crippen LogP contribution >= 0.6 is 11.3 Å². The minimum Gasteiger partial charge on any atom is -0.460 e. The molecule has 0 amide bonds. The number of hydrogen-bond donors (Lipinski definition) is 0. The maximum atomic E-state index is 11.3. The molecule has 82 valence electrons. The average Bonchev–Trinajstić information content (AvgIpc) is 2.53. The summed E-state index contributed by atoms with van der Waals surface area (Å²) in [4.78, 5) is 12.5. The van der Waals surface area contributed by atoms with Crippen LogP contribution in [0, 0.1) is 0 Å². The molecule has 0 saturated carbocycles. The van der Waals surface area contributed by atoms with Crippen molar-refractivity contribution in [3.8, 4) is 0 Å². The Hall–Kier alpha value is -1.09. The molecule has 0 spiro atoms. The summed E-state index contributed by atoms with van der Waals surface area (Å²) < 4.78 is 5.17. The van der Waals surface area contributed by atoms with Crippen LogP contribution in [0.5, 0.6) is 0 Å². The van der Waals surface area contributed by atoms with E-state index in [9.17, 15) is 4.79 Å². The van der Waals surface area contributed by atoms with Crippen LogP contribution in [0.15, 0.2) is 23.6 Å². The summed E-state index contributed by atoms with van der Waals surface area (Å²) in [5, 5.41) is 2.01. The molecule has 0 radical (unpaired) electrons. The molecular weight excluding hydrogens is 208 g/mol. The van der Waals surface area contributed by atoms with E-state index in [0.717, 1.165) is 4.88 Å². The van der Waals surface area contributed by atoms with Crippen molar-refractivity contribution in [1.29, 1.82) is 0 Å². The molecular formula is C12H16O2S. The molecule has 1 rings (SSSR count). The Morgan fingerprint density at radius 3 is 2.80 bits per heavy atom. The molecule has 0 unspecified atom stereocenters. The predicted octanol–water partition coefficient (Wildman–Crippen LogP) is 3.49. The third-order valence-corrected chi connectivity index (χ3v) is 2.37. The number of thiophene rings is 1.